The molecular weight excluding hydrogens is 399 g/mol. The molecule has 0 spiro atoms. The van der Waals surface area contributed by atoms with Crippen molar-refractivity contribution in [1.29, 1.82) is 0 Å². The highest BCUT2D eigenvalue weighted by Crippen LogP contribution is 2.34. The normalized spacial score (nSPS) is 14.6. The van der Waals surface area contributed by atoms with Crippen LogP contribution < -0.4 is 5.32 Å². The van der Waals surface area contributed by atoms with Crippen molar-refractivity contribution in [2.24, 2.45) is 0 Å². The molecule has 0 aromatic heterocycles. The van der Waals surface area contributed by atoms with Crippen molar-refractivity contribution in [3.63, 3.8) is 0 Å². The minimum atomic E-state index is -1.18. The van der Waals surface area contributed by atoms with E-state index in [9.17, 15) is 14.7 Å². The highest BCUT2D eigenvalue weighted by atomic mass is 35.5. The van der Waals surface area contributed by atoms with E-state index in [0.29, 0.717) is 32.4 Å². The van der Waals surface area contributed by atoms with Gasteiger partial charge in [0.1, 0.15) is 5.54 Å². The third-order valence-corrected chi connectivity index (χ3v) is 5.39. The molecular formula is C21H20Cl2N2O3. The Bertz CT molecular complexity index is 955. The molecule has 5 nitrogen and oxygen atoms in total. The lowest BCUT2D eigenvalue weighted by molar-refractivity contribution is -0.137. The number of aliphatic hydroxyl groups excluding tert-OH is 1. The Morgan fingerprint density at radius 3 is 2.50 bits per heavy atom. The van der Waals surface area contributed by atoms with Crippen molar-refractivity contribution < 1.29 is 14.7 Å². The van der Waals surface area contributed by atoms with Gasteiger partial charge in [-0.3, -0.25) is 9.59 Å². The number of carbonyl (C=O) groups excluding carboxylic acids is 2. The Kier molecular flexibility index (Phi) is 5.79. The molecule has 0 unspecified atom stereocenters. The summed E-state index contributed by atoms with van der Waals surface area (Å²) in [4.78, 5) is 27.6. The smallest absolute Gasteiger partial charge is 0.255 e. The monoisotopic (exact) mass is 418 g/mol. The largest absolute Gasteiger partial charge is 0.392 e. The molecule has 146 valence electrons. The second kappa shape index (κ2) is 7.95. The fourth-order valence-electron chi connectivity index (χ4n) is 3.13. The molecule has 2 N–H and O–H groups in total. The molecule has 7 heteroatoms. The zero-order valence-corrected chi connectivity index (χ0v) is 17.0. The number of hydrogen-bond acceptors (Lipinski definition) is 3. The average molecular weight is 419 g/mol. The number of rotatable bonds is 5. The van der Waals surface area contributed by atoms with Gasteiger partial charge in [-0.05, 0) is 43.2 Å². The maximum atomic E-state index is 13.1. The first kappa shape index (κ1) is 20.4. The molecule has 3 rings (SSSR count). The lowest BCUT2D eigenvalue weighted by Gasteiger charge is -2.34. The molecule has 1 aliphatic rings. The molecule has 0 bridgehead atoms. The molecule has 0 saturated heterocycles. The molecule has 0 saturated carbocycles. The summed E-state index contributed by atoms with van der Waals surface area (Å²) < 4.78 is 0. The Hall–Kier alpha value is -2.34. The van der Waals surface area contributed by atoms with E-state index in [0.717, 1.165) is 0 Å². The first-order valence-electron chi connectivity index (χ1n) is 8.72. The Morgan fingerprint density at radius 1 is 1.18 bits per heavy atom. The number of amides is 2. The summed E-state index contributed by atoms with van der Waals surface area (Å²) >= 11 is 12.1. The predicted molar refractivity (Wildman–Crippen MR) is 111 cm³/mol. The van der Waals surface area contributed by atoms with Gasteiger partial charge >= 0.3 is 0 Å². The van der Waals surface area contributed by atoms with Crippen molar-refractivity contribution in [2.75, 3.05) is 18.5 Å². The van der Waals surface area contributed by atoms with E-state index in [1.54, 1.807) is 32.0 Å². The van der Waals surface area contributed by atoms with Crippen LogP contribution in [0.25, 0.3) is 5.57 Å². The number of halogens is 2. The lowest BCUT2D eigenvalue weighted by Crippen LogP contribution is -2.54. The van der Waals surface area contributed by atoms with Crippen LogP contribution in [0.5, 0.6) is 0 Å². The zero-order chi connectivity index (χ0) is 20.5. The molecule has 2 aromatic rings. The highest BCUT2D eigenvalue weighted by Gasteiger charge is 2.43. The van der Waals surface area contributed by atoms with E-state index in [1.165, 1.54) is 4.90 Å². The summed E-state index contributed by atoms with van der Waals surface area (Å²) in [5.41, 5.74) is 0.924. The number of anilines is 1. The van der Waals surface area contributed by atoms with Gasteiger partial charge in [0, 0.05) is 11.6 Å². The number of benzene rings is 2. The number of nitrogens with one attached hydrogen (secondary N) is 1. The van der Waals surface area contributed by atoms with Crippen molar-refractivity contribution in [3.8, 4) is 0 Å². The Balaban J connectivity index is 1.87. The van der Waals surface area contributed by atoms with Crippen LogP contribution in [0.4, 0.5) is 5.69 Å². The van der Waals surface area contributed by atoms with Crippen LogP contribution in [0.1, 0.15) is 19.4 Å². The van der Waals surface area contributed by atoms with Crippen molar-refractivity contribution in [3.05, 3.63) is 69.7 Å². The van der Waals surface area contributed by atoms with E-state index >= 15 is 0 Å². The van der Waals surface area contributed by atoms with Gasteiger partial charge in [-0.1, -0.05) is 53.5 Å². The van der Waals surface area contributed by atoms with Gasteiger partial charge in [-0.2, -0.15) is 0 Å². The van der Waals surface area contributed by atoms with Gasteiger partial charge in [0.25, 0.3) is 5.91 Å². The molecule has 1 heterocycles. The van der Waals surface area contributed by atoms with Crippen LogP contribution >= 0.6 is 23.2 Å². The second-order valence-corrected chi connectivity index (χ2v) is 7.87. The molecule has 0 radical (unpaired) electrons. The SMILES string of the molecule is CC(C)(C(=O)Nc1cc(Cl)ccc1Cl)N1CC(CO)=C(c2ccccc2)C1=O. The molecule has 0 fully saturated rings. The summed E-state index contributed by atoms with van der Waals surface area (Å²) in [7, 11) is 0. The van der Waals surface area contributed by atoms with Crippen molar-refractivity contribution in [1.82, 2.24) is 4.90 Å². The van der Waals surface area contributed by atoms with Crippen LogP contribution in [0, 0.1) is 0 Å². The summed E-state index contributed by atoms with van der Waals surface area (Å²) in [5.74, 6) is -0.704. The molecule has 0 atom stereocenters. The van der Waals surface area contributed by atoms with Gasteiger partial charge in [-0.15, -0.1) is 0 Å². The number of hydrogen-bond donors (Lipinski definition) is 2. The van der Waals surface area contributed by atoms with Crippen molar-refractivity contribution in [2.45, 2.75) is 19.4 Å². The fourth-order valence-corrected chi connectivity index (χ4v) is 3.47. The van der Waals surface area contributed by atoms with Gasteiger partial charge in [0.15, 0.2) is 0 Å². The molecule has 1 aliphatic heterocycles. The second-order valence-electron chi connectivity index (χ2n) is 7.03. The van der Waals surface area contributed by atoms with E-state index in [2.05, 4.69) is 5.32 Å². The first-order valence-corrected chi connectivity index (χ1v) is 9.48. The molecule has 2 amide bonds. The maximum Gasteiger partial charge on any atom is 0.255 e. The minimum Gasteiger partial charge on any atom is -0.392 e. The van der Waals surface area contributed by atoms with E-state index < -0.39 is 11.4 Å². The third kappa shape index (κ3) is 3.78. The molecule has 2 aromatic carbocycles. The molecule has 0 aliphatic carbocycles. The summed E-state index contributed by atoms with van der Waals surface area (Å²) in [6.45, 7) is 3.22. The number of carbonyl (C=O) groups is 2. The van der Waals surface area contributed by atoms with Crippen LogP contribution in [0.2, 0.25) is 10.0 Å². The van der Waals surface area contributed by atoms with Gasteiger partial charge in [0.2, 0.25) is 5.91 Å². The topological polar surface area (TPSA) is 69.6 Å². The van der Waals surface area contributed by atoms with Crippen LogP contribution in [0.15, 0.2) is 54.1 Å². The van der Waals surface area contributed by atoms with E-state index in [1.807, 2.05) is 30.3 Å². The Labute approximate surface area is 173 Å². The number of nitrogens with zero attached hydrogens (tertiary/aromatic N) is 1. The van der Waals surface area contributed by atoms with Gasteiger partial charge < -0.3 is 15.3 Å². The minimum absolute atomic E-state index is 0.170. The maximum absolute atomic E-state index is 13.1. The van der Waals surface area contributed by atoms with Gasteiger partial charge in [-0.25, -0.2) is 0 Å². The average Bonchev–Trinajstić information content (AvgIpc) is 3.02. The Morgan fingerprint density at radius 2 is 1.86 bits per heavy atom. The van der Waals surface area contributed by atoms with Crippen LogP contribution in [-0.4, -0.2) is 40.5 Å². The summed E-state index contributed by atoms with van der Waals surface area (Å²) in [6.07, 6.45) is 0. The summed E-state index contributed by atoms with van der Waals surface area (Å²) in [6, 6.07) is 13.9. The van der Waals surface area contributed by atoms with E-state index in [-0.39, 0.29) is 19.1 Å². The first-order chi connectivity index (χ1) is 13.3. The lowest BCUT2D eigenvalue weighted by atomic mass is 10.00. The fraction of sp³-hybridized carbons (Fsp3) is 0.238. The van der Waals surface area contributed by atoms with Crippen LogP contribution in [0.3, 0.4) is 0 Å². The zero-order valence-electron chi connectivity index (χ0n) is 15.5. The van der Waals surface area contributed by atoms with E-state index in [4.69, 9.17) is 23.2 Å². The van der Waals surface area contributed by atoms with Crippen molar-refractivity contribution >= 4 is 46.3 Å². The highest BCUT2D eigenvalue weighted by molar-refractivity contribution is 6.35. The van der Waals surface area contributed by atoms with Gasteiger partial charge in [0.05, 0.1) is 22.9 Å². The predicted octanol–water partition coefficient (Wildman–Crippen LogP) is 4.00. The standard InChI is InChI=1S/C21H20Cl2N2O3/c1-21(2,20(28)24-17-10-15(22)8-9-16(17)23)25-11-14(12-26)18(19(25)27)13-6-4-3-5-7-13/h3-10,26H,11-12H2,1-2H3,(H,24,28). The third-order valence-electron chi connectivity index (χ3n) is 4.82. The number of aliphatic hydroxyl groups is 1. The molecule has 28 heavy (non-hydrogen) atoms. The summed E-state index contributed by atoms with van der Waals surface area (Å²) in [5, 5.41) is 13.3. The quantitative estimate of drug-likeness (QED) is 0.770. The van der Waals surface area contributed by atoms with Crippen LogP contribution in [-0.2, 0) is 9.59 Å².